The molecule has 0 radical (unpaired) electrons. The summed E-state index contributed by atoms with van der Waals surface area (Å²) in [6, 6.07) is 34.4. The highest BCUT2D eigenvalue weighted by Gasteiger charge is 2.54. The zero-order chi connectivity index (χ0) is 18.0. The molecule has 1 saturated heterocycles. The molecule has 3 aromatic carbocycles. The molecule has 1 heterocycles. The molecule has 0 amide bonds. The minimum Gasteiger partial charge on any atom is -0.323 e. The highest BCUT2D eigenvalue weighted by Crippen LogP contribution is 2.33. The largest absolute Gasteiger partial charge is 0.323 e. The van der Waals surface area contributed by atoms with Gasteiger partial charge in [-0.25, -0.2) is 0 Å². The molecule has 1 aliphatic rings. The number of halogens is 1. The van der Waals surface area contributed by atoms with Crippen molar-refractivity contribution in [3.05, 3.63) is 91.0 Å². The summed E-state index contributed by atoms with van der Waals surface area (Å²) < 4.78 is 2.77. The van der Waals surface area contributed by atoms with Gasteiger partial charge in [0.1, 0.15) is 0 Å². The fourth-order valence-electron chi connectivity index (χ4n) is 4.45. The van der Waals surface area contributed by atoms with Crippen molar-refractivity contribution in [3.8, 4) is 0 Å². The molecule has 4 rings (SSSR count). The molecule has 1 atom stereocenters. The Morgan fingerprint density at radius 3 is 1.42 bits per heavy atom. The molecule has 1 nitrogen and oxygen atoms in total. The minimum atomic E-state index is -2.36. The topological polar surface area (TPSA) is 3.24 Å². The highest BCUT2D eigenvalue weighted by molar-refractivity contribution is 7.26. The van der Waals surface area contributed by atoms with Gasteiger partial charge < -0.3 is 4.23 Å². The SMILES string of the molecule is C[Si]1(Cl)CCCN1[Si](c1ccccc1)(c1ccccc1)c1ccccc1. The summed E-state index contributed by atoms with van der Waals surface area (Å²) in [5, 5.41) is 4.29. The van der Waals surface area contributed by atoms with Gasteiger partial charge >= 0.3 is 0 Å². The minimum absolute atomic E-state index is 1.09. The molecule has 1 unspecified atom stereocenters. The van der Waals surface area contributed by atoms with E-state index in [-0.39, 0.29) is 0 Å². The van der Waals surface area contributed by atoms with Crippen LogP contribution in [0.2, 0.25) is 12.6 Å². The van der Waals surface area contributed by atoms with E-state index in [0.29, 0.717) is 0 Å². The monoisotopic (exact) mass is 393 g/mol. The number of benzene rings is 3. The first-order valence-corrected chi connectivity index (χ1v) is 14.9. The standard InChI is InChI=1S/C22H24ClNSi2/c1-25(23)19-11-18-24(25)26(20-12-5-2-6-13-20,21-14-7-3-8-15-21)22-16-9-4-10-17-22/h2-10,12-17H,11,18-19H2,1H3. The van der Waals surface area contributed by atoms with Crippen LogP contribution < -0.4 is 15.6 Å². The second kappa shape index (κ2) is 7.16. The zero-order valence-corrected chi connectivity index (χ0v) is 17.9. The predicted molar refractivity (Wildman–Crippen MR) is 118 cm³/mol. The predicted octanol–water partition coefficient (Wildman–Crippen LogP) is 3.67. The van der Waals surface area contributed by atoms with E-state index in [9.17, 15) is 0 Å². The molecule has 0 saturated carbocycles. The second-order valence-electron chi connectivity index (χ2n) is 7.21. The normalized spacial score (nSPS) is 21.0. The Morgan fingerprint density at radius 2 is 1.12 bits per heavy atom. The zero-order valence-electron chi connectivity index (χ0n) is 15.1. The van der Waals surface area contributed by atoms with Crippen LogP contribution in [-0.2, 0) is 0 Å². The quantitative estimate of drug-likeness (QED) is 0.371. The Hall–Kier alpha value is -1.66. The van der Waals surface area contributed by atoms with E-state index in [1.807, 2.05) is 0 Å². The third kappa shape index (κ3) is 2.89. The van der Waals surface area contributed by atoms with Crippen LogP contribution in [0.3, 0.4) is 0 Å². The fourth-order valence-corrected chi connectivity index (χ4v) is 16.7. The molecular weight excluding hydrogens is 370 g/mol. The summed E-state index contributed by atoms with van der Waals surface area (Å²) in [6.45, 7) is 3.43. The van der Waals surface area contributed by atoms with E-state index in [0.717, 1.165) is 12.6 Å². The molecule has 0 aliphatic carbocycles. The lowest BCUT2D eigenvalue weighted by Crippen LogP contribution is -2.80. The van der Waals surface area contributed by atoms with Gasteiger partial charge in [-0.3, -0.25) is 0 Å². The summed E-state index contributed by atoms with van der Waals surface area (Å²) in [7, 11) is -4.35. The summed E-state index contributed by atoms with van der Waals surface area (Å²) in [5.74, 6) is 0. The number of hydrogen-bond donors (Lipinski definition) is 0. The Bertz CT molecular complexity index is 756. The van der Waals surface area contributed by atoms with Gasteiger partial charge in [-0.1, -0.05) is 91.0 Å². The highest BCUT2D eigenvalue weighted by atomic mass is 35.6. The van der Waals surface area contributed by atoms with Crippen LogP contribution in [0.25, 0.3) is 0 Å². The first kappa shape index (κ1) is 17.7. The van der Waals surface area contributed by atoms with E-state index < -0.39 is 15.8 Å². The van der Waals surface area contributed by atoms with Gasteiger partial charge in [0.2, 0.25) is 15.8 Å². The number of rotatable bonds is 4. The molecule has 132 valence electrons. The van der Waals surface area contributed by atoms with Crippen molar-refractivity contribution in [1.29, 1.82) is 0 Å². The third-order valence-electron chi connectivity index (χ3n) is 5.56. The van der Waals surface area contributed by atoms with E-state index in [1.165, 1.54) is 22.0 Å². The van der Waals surface area contributed by atoms with Crippen LogP contribution in [0.4, 0.5) is 0 Å². The van der Waals surface area contributed by atoms with E-state index in [1.54, 1.807) is 0 Å². The van der Waals surface area contributed by atoms with Crippen molar-refractivity contribution in [2.24, 2.45) is 0 Å². The molecule has 0 N–H and O–H groups in total. The maximum absolute atomic E-state index is 7.27. The fraction of sp³-hybridized carbons (Fsp3) is 0.182. The van der Waals surface area contributed by atoms with Gasteiger partial charge in [0.25, 0.3) is 0 Å². The van der Waals surface area contributed by atoms with Gasteiger partial charge in [0.15, 0.2) is 0 Å². The van der Waals surface area contributed by atoms with Crippen molar-refractivity contribution in [2.75, 3.05) is 6.54 Å². The maximum atomic E-state index is 7.27. The van der Waals surface area contributed by atoms with Crippen LogP contribution in [0.1, 0.15) is 6.42 Å². The molecule has 3 aromatic rings. The van der Waals surface area contributed by atoms with Crippen LogP contribution in [0, 0.1) is 0 Å². The molecule has 1 aliphatic heterocycles. The van der Waals surface area contributed by atoms with E-state index in [4.69, 9.17) is 11.1 Å². The molecule has 4 heteroatoms. The van der Waals surface area contributed by atoms with Gasteiger partial charge in [0, 0.05) is 0 Å². The van der Waals surface area contributed by atoms with Gasteiger partial charge in [-0.05, 0) is 41.1 Å². The van der Waals surface area contributed by atoms with Crippen molar-refractivity contribution in [2.45, 2.75) is 19.0 Å². The Labute approximate surface area is 163 Å². The molecule has 0 aromatic heterocycles. The van der Waals surface area contributed by atoms with E-state index in [2.05, 4.69) is 102 Å². The Balaban J connectivity index is 2.08. The first-order valence-electron chi connectivity index (χ1n) is 9.29. The van der Waals surface area contributed by atoms with E-state index >= 15 is 0 Å². The number of nitrogens with zero attached hydrogens (tertiary/aromatic N) is 1. The van der Waals surface area contributed by atoms with Crippen LogP contribution >= 0.6 is 11.1 Å². The average Bonchev–Trinajstić information content (AvgIpc) is 3.05. The summed E-state index contributed by atoms with van der Waals surface area (Å²) in [6.07, 6.45) is 1.20. The van der Waals surface area contributed by atoms with Crippen molar-refractivity contribution in [3.63, 3.8) is 0 Å². The summed E-state index contributed by atoms with van der Waals surface area (Å²) in [4.78, 5) is 0. The molecular formula is C22H24ClNSi2. The lowest BCUT2D eigenvalue weighted by molar-refractivity contribution is 0.685. The number of hydrogen-bond acceptors (Lipinski definition) is 1. The third-order valence-corrected chi connectivity index (χ3v) is 16.8. The molecule has 26 heavy (non-hydrogen) atoms. The summed E-state index contributed by atoms with van der Waals surface area (Å²) >= 11 is 7.27. The van der Waals surface area contributed by atoms with Crippen molar-refractivity contribution in [1.82, 2.24) is 4.23 Å². The Morgan fingerprint density at radius 1 is 0.731 bits per heavy atom. The summed E-state index contributed by atoms with van der Waals surface area (Å²) in [5.41, 5.74) is 0. The van der Waals surface area contributed by atoms with Gasteiger partial charge in [0.05, 0.1) is 0 Å². The molecule has 0 spiro atoms. The lowest BCUT2D eigenvalue weighted by Gasteiger charge is -2.46. The van der Waals surface area contributed by atoms with Crippen LogP contribution in [0.15, 0.2) is 91.0 Å². The van der Waals surface area contributed by atoms with Gasteiger partial charge in [-0.2, -0.15) is 0 Å². The molecule has 1 fully saturated rings. The molecule has 0 bridgehead atoms. The van der Waals surface area contributed by atoms with Crippen LogP contribution in [0.5, 0.6) is 0 Å². The lowest BCUT2D eigenvalue weighted by atomic mass is 10.3. The van der Waals surface area contributed by atoms with Gasteiger partial charge in [-0.15, -0.1) is 11.1 Å². The van der Waals surface area contributed by atoms with Crippen LogP contribution in [-0.4, -0.2) is 26.6 Å². The smallest absolute Gasteiger partial charge is 0.220 e. The van der Waals surface area contributed by atoms with Crippen molar-refractivity contribution < 1.29 is 0 Å². The Kier molecular flexibility index (Phi) is 4.89. The maximum Gasteiger partial charge on any atom is 0.220 e. The first-order chi connectivity index (χ1) is 12.7. The average molecular weight is 394 g/mol. The van der Waals surface area contributed by atoms with Crippen molar-refractivity contribution >= 4 is 42.4 Å². The second-order valence-corrected chi connectivity index (χ2v) is 17.1.